The lowest BCUT2D eigenvalue weighted by Gasteiger charge is -2.03. The fourth-order valence-electron chi connectivity index (χ4n) is 1.38. The number of rotatable bonds is 4. The zero-order valence-corrected chi connectivity index (χ0v) is 8.08. The molecule has 2 N–H and O–H groups in total. The molecule has 1 aromatic rings. The van der Waals surface area contributed by atoms with Crippen molar-refractivity contribution in [2.24, 2.45) is 5.73 Å². The molecule has 0 aliphatic rings. The van der Waals surface area contributed by atoms with Crippen molar-refractivity contribution < 1.29 is 4.79 Å². The first-order valence-electron chi connectivity index (χ1n) is 4.54. The van der Waals surface area contributed by atoms with E-state index in [1.807, 2.05) is 11.5 Å². The fraction of sp³-hybridized carbons (Fsp3) is 0.556. The second-order valence-corrected chi connectivity index (χ2v) is 2.95. The van der Waals surface area contributed by atoms with Crippen molar-refractivity contribution in [2.45, 2.75) is 33.2 Å². The molecular formula is C9H15N3O. The second-order valence-electron chi connectivity index (χ2n) is 2.95. The normalized spacial score (nSPS) is 10.3. The molecule has 0 unspecified atom stereocenters. The number of nitrogens with zero attached hydrogens (tertiary/aromatic N) is 2. The van der Waals surface area contributed by atoms with E-state index in [0.29, 0.717) is 5.69 Å². The highest BCUT2D eigenvalue weighted by Gasteiger charge is 2.13. The average molecular weight is 181 g/mol. The van der Waals surface area contributed by atoms with Crippen molar-refractivity contribution >= 4 is 5.91 Å². The predicted molar refractivity (Wildman–Crippen MR) is 50.4 cm³/mol. The molecule has 1 rings (SSSR count). The van der Waals surface area contributed by atoms with Gasteiger partial charge in [0.05, 0.1) is 12.0 Å². The molecule has 1 aromatic heterocycles. The SMILES string of the molecule is CCCn1cnc(CC)c1C(N)=O. The minimum atomic E-state index is -0.386. The minimum Gasteiger partial charge on any atom is -0.364 e. The summed E-state index contributed by atoms with van der Waals surface area (Å²) < 4.78 is 1.82. The molecule has 4 nitrogen and oxygen atoms in total. The van der Waals surface area contributed by atoms with Crippen LogP contribution in [0.1, 0.15) is 36.5 Å². The Hall–Kier alpha value is -1.32. The van der Waals surface area contributed by atoms with Gasteiger partial charge in [0.15, 0.2) is 0 Å². The van der Waals surface area contributed by atoms with E-state index in [-0.39, 0.29) is 5.91 Å². The highest BCUT2D eigenvalue weighted by molar-refractivity contribution is 5.92. The number of hydrogen-bond acceptors (Lipinski definition) is 2. The van der Waals surface area contributed by atoms with Crippen LogP contribution in [0, 0.1) is 0 Å². The van der Waals surface area contributed by atoms with Crippen LogP contribution in [0.4, 0.5) is 0 Å². The van der Waals surface area contributed by atoms with Gasteiger partial charge in [0.2, 0.25) is 0 Å². The molecule has 4 heteroatoms. The van der Waals surface area contributed by atoms with Crippen molar-refractivity contribution in [1.82, 2.24) is 9.55 Å². The van der Waals surface area contributed by atoms with Crippen molar-refractivity contribution in [3.05, 3.63) is 17.7 Å². The molecule has 13 heavy (non-hydrogen) atoms. The molecule has 1 amide bonds. The third-order valence-electron chi connectivity index (χ3n) is 1.95. The van der Waals surface area contributed by atoms with Crippen LogP contribution in [0.5, 0.6) is 0 Å². The maximum atomic E-state index is 11.1. The zero-order chi connectivity index (χ0) is 9.84. The largest absolute Gasteiger partial charge is 0.364 e. The third-order valence-corrected chi connectivity index (χ3v) is 1.95. The lowest BCUT2D eigenvalue weighted by Crippen LogP contribution is -2.18. The van der Waals surface area contributed by atoms with Crippen molar-refractivity contribution in [3.8, 4) is 0 Å². The molecule has 0 saturated heterocycles. The van der Waals surface area contributed by atoms with Gasteiger partial charge in [-0.2, -0.15) is 0 Å². The number of aromatic nitrogens is 2. The van der Waals surface area contributed by atoms with Crippen LogP contribution in [0.3, 0.4) is 0 Å². The Bertz CT molecular complexity index is 304. The molecule has 0 spiro atoms. The van der Waals surface area contributed by atoms with Crippen LogP contribution >= 0.6 is 0 Å². The van der Waals surface area contributed by atoms with Gasteiger partial charge in [-0.1, -0.05) is 13.8 Å². The molecule has 0 aliphatic carbocycles. The van der Waals surface area contributed by atoms with Gasteiger partial charge in [0.1, 0.15) is 5.69 Å². The van der Waals surface area contributed by atoms with E-state index in [2.05, 4.69) is 11.9 Å². The Morgan fingerprint density at radius 2 is 2.31 bits per heavy atom. The van der Waals surface area contributed by atoms with E-state index in [1.54, 1.807) is 6.33 Å². The number of carbonyl (C=O) groups is 1. The number of primary amides is 1. The Labute approximate surface area is 77.8 Å². The third kappa shape index (κ3) is 1.88. The maximum Gasteiger partial charge on any atom is 0.267 e. The average Bonchev–Trinajstić information content (AvgIpc) is 2.48. The van der Waals surface area contributed by atoms with Crippen LogP contribution in [0.15, 0.2) is 6.33 Å². The van der Waals surface area contributed by atoms with Crippen molar-refractivity contribution in [2.75, 3.05) is 0 Å². The Kier molecular flexibility index (Phi) is 3.06. The summed E-state index contributed by atoms with van der Waals surface area (Å²) in [7, 11) is 0. The van der Waals surface area contributed by atoms with E-state index < -0.39 is 0 Å². The van der Waals surface area contributed by atoms with Gasteiger partial charge in [-0.3, -0.25) is 4.79 Å². The van der Waals surface area contributed by atoms with Gasteiger partial charge in [-0.15, -0.1) is 0 Å². The number of amides is 1. The highest BCUT2D eigenvalue weighted by Crippen LogP contribution is 2.08. The second kappa shape index (κ2) is 4.07. The summed E-state index contributed by atoms with van der Waals surface area (Å²) in [5.41, 5.74) is 6.62. The first-order valence-corrected chi connectivity index (χ1v) is 4.54. The maximum absolute atomic E-state index is 11.1. The van der Waals surface area contributed by atoms with Crippen LogP contribution in [-0.2, 0) is 13.0 Å². The van der Waals surface area contributed by atoms with E-state index in [1.165, 1.54) is 0 Å². The van der Waals surface area contributed by atoms with E-state index in [0.717, 1.165) is 25.1 Å². The highest BCUT2D eigenvalue weighted by atomic mass is 16.1. The Balaban J connectivity index is 3.06. The van der Waals surface area contributed by atoms with Gasteiger partial charge in [0, 0.05) is 6.54 Å². The summed E-state index contributed by atoms with van der Waals surface area (Å²) in [6.45, 7) is 4.81. The van der Waals surface area contributed by atoms with E-state index in [9.17, 15) is 4.79 Å². The molecule has 0 aliphatic heterocycles. The molecule has 0 radical (unpaired) electrons. The lowest BCUT2D eigenvalue weighted by atomic mass is 10.2. The zero-order valence-electron chi connectivity index (χ0n) is 8.08. The summed E-state index contributed by atoms with van der Waals surface area (Å²) in [4.78, 5) is 15.2. The van der Waals surface area contributed by atoms with Gasteiger partial charge < -0.3 is 10.3 Å². The predicted octanol–water partition coefficient (Wildman–Crippen LogP) is 0.954. The fourth-order valence-corrected chi connectivity index (χ4v) is 1.38. The smallest absolute Gasteiger partial charge is 0.267 e. The van der Waals surface area contributed by atoms with Crippen LogP contribution in [0.25, 0.3) is 0 Å². The molecule has 0 aromatic carbocycles. The number of nitrogens with two attached hydrogens (primary N) is 1. The quantitative estimate of drug-likeness (QED) is 0.751. The summed E-state index contributed by atoms with van der Waals surface area (Å²) in [5, 5.41) is 0. The van der Waals surface area contributed by atoms with Gasteiger partial charge in [-0.25, -0.2) is 4.98 Å². The molecule has 0 saturated carbocycles. The van der Waals surface area contributed by atoms with Gasteiger partial charge >= 0.3 is 0 Å². The minimum absolute atomic E-state index is 0.386. The first kappa shape index (κ1) is 9.77. The van der Waals surface area contributed by atoms with Crippen molar-refractivity contribution in [1.29, 1.82) is 0 Å². The first-order chi connectivity index (χ1) is 6.20. The topological polar surface area (TPSA) is 60.9 Å². The lowest BCUT2D eigenvalue weighted by molar-refractivity contribution is 0.0990. The van der Waals surface area contributed by atoms with E-state index in [4.69, 9.17) is 5.73 Å². The number of aryl methyl sites for hydroxylation is 2. The Morgan fingerprint density at radius 3 is 2.77 bits per heavy atom. The standard InChI is InChI=1S/C9H15N3O/c1-3-5-12-6-11-7(4-2)8(12)9(10)13/h6H,3-5H2,1-2H3,(H2,10,13). The van der Waals surface area contributed by atoms with Gasteiger partial charge in [-0.05, 0) is 12.8 Å². The number of imidazole rings is 1. The molecule has 0 fully saturated rings. The van der Waals surface area contributed by atoms with Crippen LogP contribution < -0.4 is 5.73 Å². The van der Waals surface area contributed by atoms with Crippen LogP contribution in [0.2, 0.25) is 0 Å². The summed E-state index contributed by atoms with van der Waals surface area (Å²) in [6.07, 6.45) is 3.40. The van der Waals surface area contributed by atoms with Gasteiger partial charge in [0.25, 0.3) is 5.91 Å². The molecule has 0 atom stereocenters. The molecule has 72 valence electrons. The molecular weight excluding hydrogens is 166 g/mol. The summed E-state index contributed by atoms with van der Waals surface area (Å²) in [5.74, 6) is -0.386. The summed E-state index contributed by atoms with van der Waals surface area (Å²) in [6, 6.07) is 0. The number of hydrogen-bond donors (Lipinski definition) is 1. The Morgan fingerprint density at radius 1 is 1.62 bits per heavy atom. The number of carbonyl (C=O) groups excluding carboxylic acids is 1. The monoisotopic (exact) mass is 181 g/mol. The van der Waals surface area contributed by atoms with E-state index >= 15 is 0 Å². The van der Waals surface area contributed by atoms with Crippen molar-refractivity contribution in [3.63, 3.8) is 0 Å². The molecule has 1 heterocycles. The van der Waals surface area contributed by atoms with Crippen LogP contribution in [-0.4, -0.2) is 15.5 Å². The summed E-state index contributed by atoms with van der Waals surface area (Å²) >= 11 is 0. The molecule has 0 bridgehead atoms.